The van der Waals surface area contributed by atoms with Gasteiger partial charge in [-0.25, -0.2) is 0 Å². The van der Waals surface area contributed by atoms with Crippen LogP contribution < -0.4 is 5.32 Å². The van der Waals surface area contributed by atoms with Crippen LogP contribution in [0.3, 0.4) is 0 Å². The van der Waals surface area contributed by atoms with Crippen molar-refractivity contribution in [2.75, 3.05) is 20.3 Å². The van der Waals surface area contributed by atoms with Crippen LogP contribution >= 0.6 is 0 Å². The van der Waals surface area contributed by atoms with Crippen LogP contribution in [0.2, 0.25) is 0 Å². The molecular formula is C27H47NO8. The number of carbonyl (C=O) groups is 4. The Hall–Kier alpha value is -2.52. The van der Waals surface area contributed by atoms with Crippen LogP contribution in [-0.2, 0) is 33.4 Å². The monoisotopic (exact) mass is 513 g/mol. The van der Waals surface area contributed by atoms with E-state index in [2.05, 4.69) is 25.4 Å². The minimum atomic E-state index is -1.24. The standard InChI is InChI=1S/C25H41NO8.C2H6/c1-7-9-10-11-12-13-23(29)33-16-20(25(31)34-17(3)15-32-19(5)27)14-22(28)18(4)24(30)21(8-2)26-6;1-2/h8,17,20-21,24,26,30H,2,4,7,9-16H2,1,3,5-6H3;1-2H3/t17-,20-,21+,24?;/m0./s1. The molecular weight excluding hydrogens is 466 g/mol. The van der Waals surface area contributed by atoms with Crippen molar-refractivity contribution < 1.29 is 38.5 Å². The maximum absolute atomic E-state index is 12.7. The van der Waals surface area contributed by atoms with Crippen LogP contribution in [0.4, 0.5) is 0 Å². The number of carbonyl (C=O) groups excluding carboxylic acids is 4. The zero-order chi connectivity index (χ0) is 28.1. The van der Waals surface area contributed by atoms with Gasteiger partial charge in [-0.2, -0.15) is 0 Å². The highest BCUT2D eigenvalue weighted by Crippen LogP contribution is 2.17. The molecule has 0 radical (unpaired) electrons. The van der Waals surface area contributed by atoms with Crippen LogP contribution in [0.15, 0.2) is 24.8 Å². The van der Waals surface area contributed by atoms with Gasteiger partial charge < -0.3 is 24.6 Å². The molecule has 9 heteroatoms. The summed E-state index contributed by atoms with van der Waals surface area (Å²) < 4.78 is 15.3. The van der Waals surface area contributed by atoms with E-state index in [-0.39, 0.29) is 31.6 Å². The van der Waals surface area contributed by atoms with Crippen LogP contribution in [0.1, 0.15) is 79.6 Å². The molecule has 36 heavy (non-hydrogen) atoms. The Kier molecular flexibility index (Phi) is 21.5. The second-order valence-corrected chi connectivity index (χ2v) is 8.24. The van der Waals surface area contributed by atoms with Crippen molar-refractivity contribution in [1.82, 2.24) is 5.32 Å². The highest BCUT2D eigenvalue weighted by atomic mass is 16.6. The molecule has 0 rings (SSSR count). The van der Waals surface area contributed by atoms with Crippen LogP contribution in [0.25, 0.3) is 0 Å². The van der Waals surface area contributed by atoms with E-state index in [0.717, 1.165) is 25.7 Å². The Morgan fingerprint density at radius 2 is 1.64 bits per heavy atom. The summed E-state index contributed by atoms with van der Waals surface area (Å²) in [7, 11) is 1.60. The fourth-order valence-electron chi connectivity index (χ4n) is 3.05. The van der Waals surface area contributed by atoms with Gasteiger partial charge in [-0.1, -0.05) is 59.1 Å². The van der Waals surface area contributed by atoms with Gasteiger partial charge in [0.05, 0.1) is 12.0 Å². The largest absolute Gasteiger partial charge is 0.465 e. The summed E-state index contributed by atoms with van der Waals surface area (Å²) in [5.74, 6) is -3.43. The second kappa shape index (κ2) is 21.7. The fourth-order valence-corrected chi connectivity index (χ4v) is 3.05. The summed E-state index contributed by atoms with van der Waals surface area (Å²) in [6.45, 7) is 15.6. The Labute approximate surface area is 216 Å². The number of rotatable bonds is 19. The quantitative estimate of drug-likeness (QED) is 0.0874. The molecule has 0 bridgehead atoms. The number of aliphatic hydroxyl groups is 1. The first-order chi connectivity index (χ1) is 17.1. The smallest absolute Gasteiger partial charge is 0.313 e. The number of likely N-dealkylation sites (N-methyl/N-ethyl adjacent to an activating group) is 1. The third-order valence-electron chi connectivity index (χ3n) is 5.18. The number of Topliss-reactive ketones (excluding diaryl/α,β-unsaturated/α-hetero) is 1. The Balaban J connectivity index is 0. The molecule has 0 aliphatic carbocycles. The molecule has 0 aromatic heterocycles. The van der Waals surface area contributed by atoms with Gasteiger partial charge in [-0.15, -0.1) is 6.58 Å². The molecule has 4 atom stereocenters. The number of esters is 3. The van der Waals surface area contributed by atoms with Crippen molar-refractivity contribution in [3.8, 4) is 0 Å². The zero-order valence-corrected chi connectivity index (χ0v) is 23.0. The van der Waals surface area contributed by atoms with Crippen LogP contribution in [0, 0.1) is 5.92 Å². The summed E-state index contributed by atoms with van der Waals surface area (Å²) in [4.78, 5) is 48.5. The van der Waals surface area contributed by atoms with Gasteiger partial charge >= 0.3 is 17.9 Å². The lowest BCUT2D eigenvalue weighted by molar-refractivity contribution is -0.164. The number of ether oxygens (including phenoxy) is 3. The van der Waals surface area contributed by atoms with E-state index >= 15 is 0 Å². The van der Waals surface area contributed by atoms with E-state index in [1.165, 1.54) is 19.9 Å². The fraction of sp³-hybridized carbons (Fsp3) is 0.704. The molecule has 0 saturated carbocycles. The number of unbranched alkanes of at least 4 members (excludes halogenated alkanes) is 4. The summed E-state index contributed by atoms with van der Waals surface area (Å²) >= 11 is 0. The summed E-state index contributed by atoms with van der Waals surface area (Å²) in [6.07, 6.45) is 4.13. The van der Waals surface area contributed by atoms with E-state index in [4.69, 9.17) is 14.2 Å². The van der Waals surface area contributed by atoms with E-state index in [0.29, 0.717) is 6.42 Å². The first-order valence-electron chi connectivity index (χ1n) is 12.8. The average molecular weight is 514 g/mol. The summed E-state index contributed by atoms with van der Waals surface area (Å²) in [5, 5.41) is 13.1. The lowest BCUT2D eigenvalue weighted by Gasteiger charge is -2.22. The number of nitrogens with one attached hydrogen (secondary N) is 1. The predicted octanol–water partition coefficient (Wildman–Crippen LogP) is 3.68. The first-order valence-corrected chi connectivity index (χ1v) is 12.8. The van der Waals surface area contributed by atoms with E-state index in [1.54, 1.807) is 7.05 Å². The number of ketones is 1. The van der Waals surface area contributed by atoms with Gasteiger partial charge in [0, 0.05) is 25.3 Å². The summed E-state index contributed by atoms with van der Waals surface area (Å²) in [6, 6.07) is -0.601. The van der Waals surface area contributed by atoms with Crippen molar-refractivity contribution in [3.05, 3.63) is 24.8 Å². The highest BCUT2D eigenvalue weighted by molar-refractivity contribution is 5.98. The summed E-state index contributed by atoms with van der Waals surface area (Å²) in [5.41, 5.74) is -0.104. The Morgan fingerprint density at radius 3 is 2.17 bits per heavy atom. The van der Waals surface area contributed by atoms with E-state index in [9.17, 15) is 24.3 Å². The third kappa shape index (κ3) is 16.2. The maximum Gasteiger partial charge on any atom is 0.313 e. The van der Waals surface area contributed by atoms with Gasteiger partial charge in [-0.3, -0.25) is 19.2 Å². The van der Waals surface area contributed by atoms with Crippen molar-refractivity contribution in [2.24, 2.45) is 5.92 Å². The molecule has 0 fully saturated rings. The molecule has 208 valence electrons. The first kappa shape index (κ1) is 35.6. The molecule has 0 heterocycles. The van der Waals surface area contributed by atoms with Gasteiger partial charge in [0.15, 0.2) is 5.78 Å². The van der Waals surface area contributed by atoms with Gasteiger partial charge in [0.25, 0.3) is 0 Å². The molecule has 0 spiro atoms. The minimum Gasteiger partial charge on any atom is -0.465 e. The molecule has 2 N–H and O–H groups in total. The van der Waals surface area contributed by atoms with Crippen molar-refractivity contribution in [2.45, 2.75) is 97.8 Å². The van der Waals surface area contributed by atoms with Gasteiger partial charge in [0.2, 0.25) is 0 Å². The maximum atomic E-state index is 12.7. The Morgan fingerprint density at radius 1 is 1.03 bits per heavy atom. The normalized spacial score (nSPS) is 13.6. The molecule has 0 aliphatic rings. The van der Waals surface area contributed by atoms with E-state index in [1.807, 2.05) is 13.8 Å². The van der Waals surface area contributed by atoms with Crippen molar-refractivity contribution in [3.63, 3.8) is 0 Å². The van der Waals surface area contributed by atoms with Crippen molar-refractivity contribution >= 4 is 23.7 Å². The molecule has 0 saturated heterocycles. The molecule has 0 aliphatic heterocycles. The molecule has 9 nitrogen and oxygen atoms in total. The molecule has 0 amide bonds. The molecule has 0 aromatic carbocycles. The second-order valence-electron chi connectivity index (χ2n) is 8.24. The average Bonchev–Trinajstić information content (AvgIpc) is 2.86. The lowest BCUT2D eigenvalue weighted by atomic mass is 9.93. The van der Waals surface area contributed by atoms with Crippen LogP contribution in [-0.4, -0.2) is 67.3 Å². The van der Waals surface area contributed by atoms with E-state index < -0.39 is 47.9 Å². The van der Waals surface area contributed by atoms with Crippen LogP contribution in [0.5, 0.6) is 0 Å². The topological polar surface area (TPSA) is 128 Å². The highest BCUT2D eigenvalue weighted by Gasteiger charge is 2.30. The molecule has 0 aromatic rings. The predicted molar refractivity (Wildman–Crippen MR) is 139 cm³/mol. The lowest BCUT2D eigenvalue weighted by Crippen LogP contribution is -2.39. The number of hydrogen-bond donors (Lipinski definition) is 2. The van der Waals surface area contributed by atoms with Gasteiger partial charge in [0.1, 0.15) is 25.4 Å². The minimum absolute atomic E-state index is 0.104. The van der Waals surface area contributed by atoms with Gasteiger partial charge in [-0.05, 0) is 20.4 Å². The van der Waals surface area contributed by atoms with Crippen molar-refractivity contribution in [1.29, 1.82) is 0 Å². The SMILES string of the molecule is C=C[C@@H](NC)C(O)C(=C)C(=O)C[C@@H](COC(=O)CCCCCCC)C(=O)O[C@@H](C)COC(C)=O.CC. The molecule has 1 unspecified atom stereocenters. The third-order valence-corrected chi connectivity index (χ3v) is 5.18. The Bertz CT molecular complexity index is 691. The number of aliphatic hydroxyl groups excluding tert-OH is 1. The zero-order valence-electron chi connectivity index (χ0n) is 23.0. The number of hydrogen-bond acceptors (Lipinski definition) is 9.